The molecule has 2 aromatic carbocycles. The summed E-state index contributed by atoms with van der Waals surface area (Å²) >= 11 is 4.80. The van der Waals surface area contributed by atoms with Crippen LogP contribution in [0.2, 0.25) is 0 Å². The Kier molecular flexibility index (Phi) is 12.2. The van der Waals surface area contributed by atoms with Crippen LogP contribution < -0.4 is 16.1 Å². The molecule has 0 aliphatic rings. The Labute approximate surface area is 202 Å². The van der Waals surface area contributed by atoms with Crippen molar-refractivity contribution in [3.63, 3.8) is 0 Å². The Balaban J connectivity index is 0.000000280. The number of nitrogens with zero attached hydrogens (tertiary/aromatic N) is 1. The molecule has 184 valence electrons. The predicted octanol–water partition coefficient (Wildman–Crippen LogP) is 5.33. The first kappa shape index (κ1) is 28.4. The average Bonchev–Trinajstić information content (AvgIpc) is 2.79. The molecule has 1 heterocycles. The predicted molar refractivity (Wildman–Crippen MR) is 131 cm³/mol. The van der Waals surface area contributed by atoms with Gasteiger partial charge in [-0.2, -0.15) is 4.98 Å². The lowest BCUT2D eigenvalue weighted by atomic mass is 10.1. The fraction of sp³-hybridized carbons (Fsp3) is 0.333. The summed E-state index contributed by atoms with van der Waals surface area (Å²) in [5, 5.41) is 9.10. The molecule has 0 saturated carbocycles. The number of hydrogen-bond donors (Lipinski definition) is 2. The quantitative estimate of drug-likeness (QED) is 0.344. The Morgan fingerprint density at radius 2 is 1.68 bits per heavy atom. The molecule has 0 aliphatic heterocycles. The molecule has 0 atom stereocenters. The van der Waals surface area contributed by atoms with Crippen molar-refractivity contribution in [2.75, 3.05) is 18.9 Å². The van der Waals surface area contributed by atoms with Gasteiger partial charge < -0.3 is 24.7 Å². The lowest BCUT2D eigenvalue weighted by Crippen LogP contribution is -2.05. The van der Waals surface area contributed by atoms with E-state index in [1.165, 1.54) is 0 Å². The van der Waals surface area contributed by atoms with Crippen molar-refractivity contribution >= 4 is 39.6 Å². The average molecular weight is 493 g/mol. The van der Waals surface area contributed by atoms with Crippen LogP contribution in [0.25, 0.3) is 10.9 Å². The van der Waals surface area contributed by atoms with Crippen LogP contribution >= 0.6 is 11.6 Å². The van der Waals surface area contributed by atoms with Crippen molar-refractivity contribution in [1.29, 1.82) is 0 Å². The summed E-state index contributed by atoms with van der Waals surface area (Å²) in [5.74, 6) is -0.980. The Bertz CT molecular complexity index is 1160. The van der Waals surface area contributed by atoms with Crippen LogP contribution in [0.5, 0.6) is 6.08 Å². The molecule has 0 unspecified atom stereocenters. The standard InChI is InChI=1S/C12H13NO3.C8H9NO2.C4H7ClO2/c1-3-6-15-12-13-10-5-4-8(2)7-9(10)11(14)16-12;1-5-2-3-7(9)6(4-5)8(10)11;1-2-3-7-4(5)6/h4-5,7H,3,6H2,1-2H3;2-4H,9H2,1H3,(H,10,11);2-3H2,1H3. The molecular weight excluding hydrogens is 464 g/mol. The number of carboxylic acid groups (broad SMARTS) is 1. The zero-order valence-corrected chi connectivity index (χ0v) is 20.3. The summed E-state index contributed by atoms with van der Waals surface area (Å²) in [6.45, 7) is 8.53. The minimum Gasteiger partial charge on any atom is -0.478 e. The van der Waals surface area contributed by atoms with Gasteiger partial charge in [-0.25, -0.2) is 14.4 Å². The molecule has 0 aliphatic carbocycles. The van der Waals surface area contributed by atoms with E-state index < -0.39 is 17.0 Å². The summed E-state index contributed by atoms with van der Waals surface area (Å²) in [6, 6.07) is 10.4. The number of fused-ring (bicyclic) bond motifs is 1. The van der Waals surface area contributed by atoms with Crippen molar-refractivity contribution in [2.24, 2.45) is 0 Å². The number of benzene rings is 2. The van der Waals surface area contributed by atoms with Crippen LogP contribution in [-0.4, -0.2) is 34.7 Å². The highest BCUT2D eigenvalue weighted by molar-refractivity contribution is 6.61. The monoisotopic (exact) mass is 492 g/mol. The number of ether oxygens (including phenoxy) is 2. The van der Waals surface area contributed by atoms with Gasteiger partial charge in [-0.1, -0.05) is 37.1 Å². The molecule has 0 bridgehead atoms. The van der Waals surface area contributed by atoms with Gasteiger partial charge in [0, 0.05) is 17.3 Å². The minimum absolute atomic E-state index is 0.0446. The number of aromatic carboxylic acids is 1. The summed E-state index contributed by atoms with van der Waals surface area (Å²) in [4.78, 5) is 36.0. The Hall–Kier alpha value is -3.59. The first-order valence-electron chi connectivity index (χ1n) is 10.5. The summed E-state index contributed by atoms with van der Waals surface area (Å²) in [5.41, 5.74) is 7.27. The molecule has 9 nitrogen and oxygen atoms in total. The highest BCUT2D eigenvalue weighted by Crippen LogP contribution is 2.14. The third-order valence-electron chi connectivity index (χ3n) is 4.05. The molecule has 3 aromatic rings. The fourth-order valence-electron chi connectivity index (χ4n) is 2.46. The number of carbonyl (C=O) groups is 2. The van der Waals surface area contributed by atoms with Crippen molar-refractivity contribution in [1.82, 2.24) is 4.98 Å². The number of rotatable bonds is 6. The molecule has 0 fully saturated rings. The smallest absolute Gasteiger partial charge is 0.403 e. The number of carbonyl (C=O) groups excluding carboxylic acids is 1. The van der Waals surface area contributed by atoms with Gasteiger partial charge in [0.2, 0.25) is 0 Å². The van der Waals surface area contributed by atoms with E-state index in [0.29, 0.717) is 29.8 Å². The highest BCUT2D eigenvalue weighted by atomic mass is 35.5. The number of anilines is 1. The molecule has 3 N–H and O–H groups in total. The van der Waals surface area contributed by atoms with Gasteiger partial charge in [-0.05, 0) is 51.0 Å². The second-order valence-corrected chi connectivity index (χ2v) is 7.43. The zero-order valence-electron chi connectivity index (χ0n) is 19.6. The molecule has 0 radical (unpaired) electrons. The molecule has 10 heteroatoms. The molecule has 0 saturated heterocycles. The SMILES string of the molecule is CCCOC(=O)Cl.CCCOc1nc2ccc(C)cc2c(=O)o1.Cc1ccc(N)c(C(=O)O)c1. The normalized spacial score (nSPS) is 9.79. The van der Waals surface area contributed by atoms with Crippen LogP contribution in [0.4, 0.5) is 10.5 Å². The lowest BCUT2D eigenvalue weighted by Gasteiger charge is -2.02. The van der Waals surface area contributed by atoms with Gasteiger partial charge in [0.1, 0.15) is 0 Å². The number of nitrogens with two attached hydrogens (primary N) is 1. The van der Waals surface area contributed by atoms with Gasteiger partial charge in [0.25, 0.3) is 0 Å². The first-order valence-corrected chi connectivity index (χ1v) is 10.9. The second-order valence-electron chi connectivity index (χ2n) is 7.12. The third kappa shape index (κ3) is 9.91. The molecule has 34 heavy (non-hydrogen) atoms. The molecule has 1 aromatic heterocycles. The molecular formula is C24H29ClN2O7. The first-order chi connectivity index (χ1) is 16.1. The number of aryl methyl sites for hydroxylation is 2. The number of aromatic nitrogens is 1. The van der Waals surface area contributed by atoms with Crippen molar-refractivity contribution in [2.45, 2.75) is 40.5 Å². The number of halogens is 1. The highest BCUT2D eigenvalue weighted by Gasteiger charge is 2.07. The summed E-state index contributed by atoms with van der Waals surface area (Å²) in [7, 11) is 0. The maximum atomic E-state index is 11.6. The van der Waals surface area contributed by atoms with E-state index >= 15 is 0 Å². The lowest BCUT2D eigenvalue weighted by molar-refractivity contribution is 0.0698. The van der Waals surface area contributed by atoms with Gasteiger partial charge >= 0.3 is 23.1 Å². The van der Waals surface area contributed by atoms with E-state index in [1.54, 1.807) is 30.3 Å². The Morgan fingerprint density at radius 1 is 1.06 bits per heavy atom. The van der Waals surface area contributed by atoms with Gasteiger partial charge in [-0.3, -0.25) is 0 Å². The number of carboxylic acids is 1. The summed E-state index contributed by atoms with van der Waals surface area (Å²) in [6.07, 6.45) is 1.71. The third-order valence-corrected chi connectivity index (χ3v) is 4.16. The van der Waals surface area contributed by atoms with E-state index in [2.05, 4.69) is 9.72 Å². The van der Waals surface area contributed by atoms with Crippen LogP contribution in [0.15, 0.2) is 45.6 Å². The molecule has 3 rings (SSSR count). The van der Waals surface area contributed by atoms with E-state index in [1.807, 2.05) is 33.8 Å². The van der Waals surface area contributed by atoms with Crippen LogP contribution in [0.1, 0.15) is 48.2 Å². The molecule has 0 amide bonds. The van der Waals surface area contributed by atoms with E-state index in [9.17, 15) is 14.4 Å². The number of nitrogen functional groups attached to an aromatic ring is 1. The molecule has 0 spiro atoms. The van der Waals surface area contributed by atoms with Crippen LogP contribution in [0.3, 0.4) is 0 Å². The topological polar surface area (TPSA) is 142 Å². The van der Waals surface area contributed by atoms with Crippen LogP contribution in [0, 0.1) is 13.8 Å². The fourth-order valence-corrected chi connectivity index (χ4v) is 2.53. The van der Waals surface area contributed by atoms with Gasteiger partial charge in [0.05, 0.1) is 29.7 Å². The zero-order chi connectivity index (χ0) is 25.7. The van der Waals surface area contributed by atoms with Crippen LogP contribution in [-0.2, 0) is 4.74 Å². The van der Waals surface area contributed by atoms with Crippen molar-refractivity contribution < 1.29 is 28.6 Å². The summed E-state index contributed by atoms with van der Waals surface area (Å²) < 4.78 is 14.5. The van der Waals surface area contributed by atoms with Crippen molar-refractivity contribution in [3.05, 3.63) is 63.5 Å². The van der Waals surface area contributed by atoms with Gasteiger partial charge in [-0.15, -0.1) is 0 Å². The maximum absolute atomic E-state index is 11.6. The minimum atomic E-state index is -0.980. The Morgan fingerprint density at radius 3 is 2.21 bits per heavy atom. The maximum Gasteiger partial charge on any atom is 0.403 e. The largest absolute Gasteiger partial charge is 0.478 e. The van der Waals surface area contributed by atoms with E-state index in [0.717, 1.165) is 24.0 Å². The van der Waals surface area contributed by atoms with E-state index in [-0.39, 0.29) is 11.6 Å². The van der Waals surface area contributed by atoms with Gasteiger partial charge in [0.15, 0.2) is 0 Å². The van der Waals surface area contributed by atoms with E-state index in [4.69, 9.17) is 31.6 Å². The number of hydrogen-bond acceptors (Lipinski definition) is 8. The van der Waals surface area contributed by atoms with Crippen molar-refractivity contribution in [3.8, 4) is 6.08 Å². The second kappa shape index (κ2) is 14.5.